The van der Waals surface area contributed by atoms with Crippen LogP contribution in [0.15, 0.2) is 36.4 Å². The Bertz CT molecular complexity index is 1210. The normalized spacial score (nSPS) is 20.7. The number of sulfonamides is 1. The number of carbonyl (C=O) groups is 2. The number of carbonyl (C=O) groups excluding carboxylic acids is 2. The van der Waals surface area contributed by atoms with E-state index in [-0.39, 0.29) is 26.4 Å². The summed E-state index contributed by atoms with van der Waals surface area (Å²) in [5.74, 6) is 0.268. The Morgan fingerprint density at radius 2 is 1.79 bits per heavy atom. The lowest BCUT2D eigenvalue weighted by Gasteiger charge is -2.46. The molecule has 0 radical (unpaired) electrons. The number of hydrogen-bond acceptors (Lipinski definition) is 6. The first-order chi connectivity index (χ1) is 15.5. The summed E-state index contributed by atoms with van der Waals surface area (Å²) in [4.78, 5) is 28.2. The molecule has 0 saturated carbocycles. The van der Waals surface area contributed by atoms with Crippen molar-refractivity contribution >= 4 is 27.5 Å². The monoisotopic (exact) mass is 473 g/mol. The Morgan fingerprint density at radius 1 is 1.12 bits per heavy atom. The number of nitrogens with zero attached hydrogens (tertiary/aromatic N) is 2. The van der Waals surface area contributed by atoms with Crippen molar-refractivity contribution in [2.45, 2.75) is 32.9 Å². The summed E-state index contributed by atoms with van der Waals surface area (Å²) in [6, 6.07) is 11.0. The SMILES string of the molecule is Cc1cccc(C)c1NC(=O)C1(C)CN(S(C)(=O)=O)CC(=O)N1Cc1ccc2c(c1)OCO2. The first-order valence-electron chi connectivity index (χ1n) is 10.5. The molecular formula is C23H27N3O6S. The first kappa shape index (κ1) is 23.1. The third-order valence-corrected chi connectivity index (χ3v) is 7.34. The van der Waals surface area contributed by atoms with Crippen LogP contribution in [0.5, 0.6) is 11.5 Å². The van der Waals surface area contributed by atoms with E-state index in [2.05, 4.69) is 5.32 Å². The van der Waals surface area contributed by atoms with Gasteiger partial charge in [0.25, 0.3) is 5.91 Å². The fourth-order valence-electron chi connectivity index (χ4n) is 4.17. The summed E-state index contributed by atoms with van der Waals surface area (Å²) in [6.45, 7) is 5.12. The number of nitrogens with one attached hydrogen (secondary N) is 1. The third kappa shape index (κ3) is 4.40. The molecule has 1 atom stereocenters. The van der Waals surface area contributed by atoms with Gasteiger partial charge < -0.3 is 19.7 Å². The molecule has 1 unspecified atom stereocenters. The van der Waals surface area contributed by atoms with E-state index in [9.17, 15) is 18.0 Å². The molecular weight excluding hydrogens is 446 g/mol. The van der Waals surface area contributed by atoms with Gasteiger partial charge in [-0.2, -0.15) is 4.31 Å². The van der Waals surface area contributed by atoms with E-state index in [1.54, 1.807) is 25.1 Å². The average Bonchev–Trinajstić information content (AvgIpc) is 3.20. The van der Waals surface area contributed by atoms with Crippen molar-refractivity contribution < 1.29 is 27.5 Å². The van der Waals surface area contributed by atoms with Crippen LogP contribution in [0, 0.1) is 13.8 Å². The van der Waals surface area contributed by atoms with Crippen LogP contribution < -0.4 is 14.8 Å². The molecule has 2 aromatic carbocycles. The third-order valence-electron chi connectivity index (χ3n) is 6.15. The largest absolute Gasteiger partial charge is 0.454 e. The fraction of sp³-hybridized carbons (Fsp3) is 0.391. The molecule has 2 aliphatic rings. The second-order valence-electron chi connectivity index (χ2n) is 8.69. The van der Waals surface area contributed by atoms with Crippen LogP contribution in [0.4, 0.5) is 5.69 Å². The van der Waals surface area contributed by atoms with Crippen LogP contribution in [0.2, 0.25) is 0 Å². The van der Waals surface area contributed by atoms with Crippen molar-refractivity contribution in [3.63, 3.8) is 0 Å². The van der Waals surface area contributed by atoms with E-state index in [0.29, 0.717) is 17.2 Å². The highest BCUT2D eigenvalue weighted by molar-refractivity contribution is 7.88. The number of ether oxygens (including phenoxy) is 2. The quantitative estimate of drug-likeness (QED) is 0.713. The molecule has 9 nitrogen and oxygen atoms in total. The zero-order chi connectivity index (χ0) is 24.0. The zero-order valence-electron chi connectivity index (χ0n) is 19.0. The number of anilines is 1. The number of fused-ring (bicyclic) bond motifs is 1. The van der Waals surface area contributed by atoms with Gasteiger partial charge >= 0.3 is 0 Å². The number of benzene rings is 2. The highest BCUT2D eigenvalue weighted by Crippen LogP contribution is 2.35. The van der Waals surface area contributed by atoms with E-state index in [1.165, 1.54) is 4.90 Å². The van der Waals surface area contributed by atoms with Gasteiger partial charge in [0.15, 0.2) is 11.5 Å². The Hall–Kier alpha value is -3.11. The van der Waals surface area contributed by atoms with Crippen molar-refractivity contribution in [3.05, 3.63) is 53.1 Å². The molecule has 0 aliphatic carbocycles. The molecule has 1 fully saturated rings. The maximum absolute atomic E-state index is 13.6. The smallest absolute Gasteiger partial charge is 0.251 e. The minimum Gasteiger partial charge on any atom is -0.454 e. The molecule has 0 aromatic heterocycles. The molecule has 1 N–H and O–H groups in total. The van der Waals surface area contributed by atoms with Gasteiger partial charge in [-0.15, -0.1) is 0 Å². The summed E-state index contributed by atoms with van der Waals surface area (Å²) in [5, 5.41) is 2.94. The lowest BCUT2D eigenvalue weighted by atomic mass is 9.94. The van der Waals surface area contributed by atoms with Gasteiger partial charge in [-0.3, -0.25) is 9.59 Å². The van der Waals surface area contributed by atoms with Crippen molar-refractivity contribution in [1.29, 1.82) is 0 Å². The van der Waals surface area contributed by atoms with Crippen LogP contribution >= 0.6 is 0 Å². The number of piperazine rings is 1. The van der Waals surface area contributed by atoms with Crippen LogP contribution in [0.25, 0.3) is 0 Å². The zero-order valence-corrected chi connectivity index (χ0v) is 19.9. The second-order valence-corrected chi connectivity index (χ2v) is 10.7. The van der Waals surface area contributed by atoms with Crippen molar-refractivity contribution in [1.82, 2.24) is 9.21 Å². The van der Waals surface area contributed by atoms with Crippen LogP contribution in [-0.2, 0) is 26.2 Å². The first-order valence-corrected chi connectivity index (χ1v) is 12.4. The minimum atomic E-state index is -3.69. The highest BCUT2D eigenvalue weighted by Gasteiger charge is 2.49. The Kier molecular flexibility index (Phi) is 5.83. The van der Waals surface area contributed by atoms with Gasteiger partial charge in [-0.25, -0.2) is 8.42 Å². The maximum Gasteiger partial charge on any atom is 0.251 e. The van der Waals surface area contributed by atoms with Crippen LogP contribution in [-0.4, -0.2) is 61.1 Å². The van der Waals surface area contributed by atoms with Gasteiger partial charge in [0.2, 0.25) is 22.7 Å². The predicted molar refractivity (Wildman–Crippen MR) is 122 cm³/mol. The van der Waals surface area contributed by atoms with Crippen LogP contribution in [0.1, 0.15) is 23.6 Å². The molecule has 33 heavy (non-hydrogen) atoms. The second kappa shape index (κ2) is 8.35. The summed E-state index contributed by atoms with van der Waals surface area (Å²) in [7, 11) is -3.69. The summed E-state index contributed by atoms with van der Waals surface area (Å²) >= 11 is 0. The Morgan fingerprint density at radius 3 is 2.45 bits per heavy atom. The van der Waals surface area contributed by atoms with E-state index in [4.69, 9.17) is 9.47 Å². The molecule has 4 rings (SSSR count). The fourth-order valence-corrected chi connectivity index (χ4v) is 5.00. The maximum atomic E-state index is 13.6. The molecule has 176 valence electrons. The summed E-state index contributed by atoms with van der Waals surface area (Å²) in [5.41, 5.74) is 1.69. The van der Waals surface area contributed by atoms with Crippen molar-refractivity contribution in [3.8, 4) is 11.5 Å². The number of hydrogen-bond donors (Lipinski definition) is 1. The number of rotatable bonds is 5. The molecule has 10 heteroatoms. The number of aryl methyl sites for hydroxylation is 2. The number of amides is 2. The molecule has 1 saturated heterocycles. The van der Waals surface area contributed by atoms with Gasteiger partial charge in [0.1, 0.15) is 5.54 Å². The van der Waals surface area contributed by atoms with Crippen LogP contribution in [0.3, 0.4) is 0 Å². The highest BCUT2D eigenvalue weighted by atomic mass is 32.2. The van der Waals surface area contributed by atoms with E-state index in [0.717, 1.165) is 27.3 Å². The van der Waals surface area contributed by atoms with Crippen molar-refractivity contribution in [2.75, 3.05) is 31.5 Å². The Balaban J connectivity index is 1.70. The van der Waals surface area contributed by atoms with Gasteiger partial charge in [0.05, 0.1) is 12.8 Å². The van der Waals surface area contributed by atoms with Crippen molar-refractivity contribution in [2.24, 2.45) is 0 Å². The molecule has 2 amide bonds. The number of para-hydroxylation sites is 1. The van der Waals surface area contributed by atoms with E-state index < -0.39 is 27.4 Å². The van der Waals surface area contributed by atoms with E-state index >= 15 is 0 Å². The molecule has 2 heterocycles. The summed E-state index contributed by atoms with van der Waals surface area (Å²) in [6.07, 6.45) is 1.04. The molecule has 0 spiro atoms. The predicted octanol–water partition coefficient (Wildman–Crippen LogP) is 2.03. The van der Waals surface area contributed by atoms with Gasteiger partial charge in [-0.05, 0) is 49.6 Å². The summed E-state index contributed by atoms with van der Waals surface area (Å²) < 4.78 is 36.4. The average molecular weight is 474 g/mol. The Labute approximate surface area is 193 Å². The standard InChI is InChI=1S/C23H27N3O6S/c1-15-6-5-7-16(2)21(15)24-22(28)23(3)13-25(33(4,29)30)12-20(27)26(23)11-17-8-9-18-19(10-17)32-14-31-18/h5-10H,11-14H2,1-4H3,(H,24,28). The topological polar surface area (TPSA) is 105 Å². The lowest BCUT2D eigenvalue weighted by molar-refractivity contribution is -0.151. The van der Waals surface area contributed by atoms with Gasteiger partial charge in [0, 0.05) is 18.8 Å². The van der Waals surface area contributed by atoms with E-state index in [1.807, 2.05) is 32.0 Å². The minimum absolute atomic E-state index is 0.115. The molecule has 0 bridgehead atoms. The molecule has 2 aliphatic heterocycles. The lowest BCUT2D eigenvalue weighted by Crippen LogP contribution is -2.68. The molecule has 2 aromatic rings. The van der Waals surface area contributed by atoms with Gasteiger partial charge in [-0.1, -0.05) is 24.3 Å².